The van der Waals surface area contributed by atoms with Gasteiger partial charge in [-0.05, 0) is 12.8 Å². The fourth-order valence-corrected chi connectivity index (χ4v) is 7.89. The average Bonchev–Trinajstić information content (AvgIpc) is 3.19. The number of rotatable bonds is 38. The maximum absolute atomic E-state index is 13.8. The number of nitrogens with one attached hydrogen (secondary N) is 1. The van der Waals surface area contributed by atoms with Crippen molar-refractivity contribution in [1.29, 1.82) is 0 Å². The second-order valence-electron chi connectivity index (χ2n) is 16.6. The minimum atomic E-state index is -1.50. The summed E-state index contributed by atoms with van der Waals surface area (Å²) >= 11 is 0. The minimum Gasteiger partial charge on any atom is -0.394 e. The highest BCUT2D eigenvalue weighted by Crippen LogP contribution is 2.26. The number of carbonyl (C=O) groups is 2. The highest BCUT2D eigenvalue weighted by molar-refractivity contribution is 5.82. The van der Waals surface area contributed by atoms with Crippen LogP contribution in [0.5, 0.6) is 0 Å². The Bertz CT molecular complexity index is 897. The van der Waals surface area contributed by atoms with E-state index in [0.717, 1.165) is 44.9 Å². The molecule has 0 radical (unpaired) electrons. The lowest BCUT2D eigenvalue weighted by Gasteiger charge is -2.47. The van der Waals surface area contributed by atoms with E-state index in [-0.39, 0.29) is 5.91 Å². The van der Waals surface area contributed by atoms with E-state index in [2.05, 4.69) is 19.2 Å². The van der Waals surface area contributed by atoms with Crippen LogP contribution in [-0.2, 0) is 14.3 Å². The van der Waals surface area contributed by atoms with Crippen LogP contribution < -0.4 is 11.1 Å². The summed E-state index contributed by atoms with van der Waals surface area (Å²) in [5.74, 6) is -0.848. The lowest BCUT2D eigenvalue weighted by molar-refractivity contribution is -0.231. The molecule has 2 amide bonds. The van der Waals surface area contributed by atoms with E-state index in [4.69, 9.17) is 10.5 Å². The number of aliphatic hydroxyl groups is 4. The van der Waals surface area contributed by atoms with Crippen molar-refractivity contribution in [2.24, 2.45) is 5.73 Å². The Kier molecular flexibility index (Phi) is 33.7. The van der Waals surface area contributed by atoms with Gasteiger partial charge in [-0.1, -0.05) is 200 Å². The van der Waals surface area contributed by atoms with E-state index < -0.39 is 55.7 Å². The number of nitrogens with two attached hydrogens (primary N) is 1. The van der Waals surface area contributed by atoms with Gasteiger partial charge in [-0.2, -0.15) is 0 Å². The van der Waals surface area contributed by atoms with Crippen molar-refractivity contribution in [3.63, 3.8) is 0 Å². The summed E-state index contributed by atoms with van der Waals surface area (Å²) in [5.41, 5.74) is 5.75. The van der Waals surface area contributed by atoms with Crippen LogP contribution in [0.3, 0.4) is 0 Å². The summed E-state index contributed by atoms with van der Waals surface area (Å²) < 4.78 is 6.06. The quantitative estimate of drug-likeness (QED) is 0.0339. The molecule has 55 heavy (non-hydrogen) atoms. The molecule has 10 nitrogen and oxygen atoms in total. The van der Waals surface area contributed by atoms with Gasteiger partial charge in [-0.15, -0.1) is 0 Å². The van der Waals surface area contributed by atoms with Gasteiger partial charge in [0, 0.05) is 13.0 Å². The van der Waals surface area contributed by atoms with Crippen LogP contribution in [0.25, 0.3) is 0 Å². The van der Waals surface area contributed by atoms with Crippen LogP contribution in [0.1, 0.15) is 219 Å². The third kappa shape index (κ3) is 24.9. The molecule has 1 aliphatic heterocycles. The van der Waals surface area contributed by atoms with Crippen LogP contribution in [-0.4, -0.2) is 93.5 Å². The largest absolute Gasteiger partial charge is 0.394 e. The van der Waals surface area contributed by atoms with Crippen molar-refractivity contribution in [1.82, 2.24) is 10.2 Å². The van der Waals surface area contributed by atoms with Crippen molar-refractivity contribution >= 4 is 11.8 Å². The highest BCUT2D eigenvalue weighted by atomic mass is 16.5. The van der Waals surface area contributed by atoms with E-state index in [1.165, 1.54) is 154 Å². The van der Waals surface area contributed by atoms with Gasteiger partial charge in [0.25, 0.3) is 0 Å². The molecule has 326 valence electrons. The molecule has 1 heterocycles. The second kappa shape index (κ2) is 35.8. The standard InChI is InChI=1S/C45H89N3O7/c1-3-5-7-9-11-13-15-17-19-21-23-25-27-29-31-33-35-48(45-41(47-44(54)38(46)36-49)43(53)42(52)39(37-50)55-45)40(51)34-32-30-28-26-24-22-20-18-16-14-12-10-8-6-4-2/h38-39,41-43,45,49-50,52-53H,3-37,46H2,1-2H3,(H,47,54)/t38-,39+,41+,42+,43+,45+/m0/s1. The first-order valence-electron chi connectivity index (χ1n) is 23.4. The Balaban J connectivity index is 2.57. The Morgan fingerprint density at radius 1 is 0.582 bits per heavy atom. The van der Waals surface area contributed by atoms with Gasteiger partial charge in [-0.25, -0.2) is 0 Å². The van der Waals surface area contributed by atoms with E-state index in [9.17, 15) is 30.0 Å². The van der Waals surface area contributed by atoms with Crippen molar-refractivity contribution in [3.05, 3.63) is 0 Å². The lowest BCUT2D eigenvalue weighted by atomic mass is 9.94. The normalized spacial score (nSPS) is 20.5. The molecule has 1 rings (SSSR count). The molecule has 1 fully saturated rings. The summed E-state index contributed by atoms with van der Waals surface area (Å²) in [7, 11) is 0. The van der Waals surface area contributed by atoms with Crippen LogP contribution >= 0.6 is 0 Å². The third-order valence-electron chi connectivity index (χ3n) is 11.6. The highest BCUT2D eigenvalue weighted by Gasteiger charge is 2.48. The van der Waals surface area contributed by atoms with Gasteiger partial charge in [0.05, 0.1) is 13.2 Å². The van der Waals surface area contributed by atoms with Crippen LogP contribution in [0.15, 0.2) is 0 Å². The molecule has 0 aromatic rings. The molecule has 0 aromatic heterocycles. The van der Waals surface area contributed by atoms with Crippen molar-refractivity contribution < 1.29 is 34.8 Å². The molecule has 10 heteroatoms. The maximum Gasteiger partial charge on any atom is 0.239 e. The Morgan fingerprint density at radius 3 is 1.31 bits per heavy atom. The molecule has 0 aromatic carbocycles. The monoisotopic (exact) mass is 784 g/mol. The zero-order chi connectivity index (χ0) is 40.4. The van der Waals surface area contributed by atoms with Gasteiger partial charge in [-0.3, -0.25) is 9.59 Å². The molecular formula is C45H89N3O7. The molecule has 1 aliphatic rings. The van der Waals surface area contributed by atoms with Gasteiger partial charge >= 0.3 is 0 Å². The summed E-state index contributed by atoms with van der Waals surface area (Å²) in [6.07, 6.45) is 33.6. The number of hydrogen-bond acceptors (Lipinski definition) is 8. The van der Waals surface area contributed by atoms with Crippen LogP contribution in [0.4, 0.5) is 0 Å². The molecule has 0 unspecified atom stereocenters. The van der Waals surface area contributed by atoms with Crippen molar-refractivity contribution in [2.45, 2.75) is 256 Å². The van der Waals surface area contributed by atoms with E-state index in [1.54, 1.807) is 4.90 Å². The molecule has 0 aliphatic carbocycles. The number of hydrogen-bond donors (Lipinski definition) is 6. The fourth-order valence-electron chi connectivity index (χ4n) is 7.89. The average molecular weight is 784 g/mol. The van der Waals surface area contributed by atoms with E-state index in [1.807, 2.05) is 0 Å². The molecule has 0 saturated carbocycles. The maximum atomic E-state index is 13.8. The second-order valence-corrected chi connectivity index (χ2v) is 16.6. The number of ether oxygens (including phenoxy) is 1. The first kappa shape index (κ1) is 51.7. The third-order valence-corrected chi connectivity index (χ3v) is 11.6. The molecule has 7 N–H and O–H groups in total. The summed E-state index contributed by atoms with van der Waals surface area (Å²) in [6, 6.07) is -2.40. The predicted octanol–water partition coefficient (Wildman–Crippen LogP) is 8.58. The van der Waals surface area contributed by atoms with Gasteiger partial charge < -0.3 is 41.1 Å². The topological polar surface area (TPSA) is 166 Å². The number of amides is 2. The fraction of sp³-hybridized carbons (Fsp3) is 0.956. The van der Waals surface area contributed by atoms with Crippen LogP contribution in [0, 0.1) is 0 Å². The summed E-state index contributed by atoms with van der Waals surface area (Å²) in [5, 5.41) is 43.8. The summed E-state index contributed by atoms with van der Waals surface area (Å²) in [6.45, 7) is 3.75. The smallest absolute Gasteiger partial charge is 0.239 e. The zero-order valence-electron chi connectivity index (χ0n) is 35.8. The molecule has 6 atom stereocenters. The van der Waals surface area contributed by atoms with Crippen molar-refractivity contribution in [3.8, 4) is 0 Å². The number of carbonyl (C=O) groups excluding carboxylic acids is 2. The zero-order valence-corrected chi connectivity index (χ0v) is 35.8. The Hall–Kier alpha value is -1.30. The number of nitrogens with zero attached hydrogens (tertiary/aromatic N) is 1. The Labute approximate surface area is 337 Å². The summed E-state index contributed by atoms with van der Waals surface area (Å²) in [4.78, 5) is 28.2. The SMILES string of the molecule is CCCCCCCCCCCCCCCCCCN(C(=O)CCCCCCCCCCCCCCCCC)[C@@H]1O[C@H](CO)[C@@H](O)[C@H](O)[C@H]1NC(=O)[C@@H](N)CO. The first-order chi connectivity index (χ1) is 26.8. The first-order valence-corrected chi connectivity index (χ1v) is 23.4. The minimum absolute atomic E-state index is 0.133. The van der Waals surface area contributed by atoms with E-state index >= 15 is 0 Å². The van der Waals surface area contributed by atoms with Gasteiger partial charge in [0.2, 0.25) is 11.8 Å². The van der Waals surface area contributed by atoms with Crippen LogP contribution in [0.2, 0.25) is 0 Å². The number of aliphatic hydroxyl groups excluding tert-OH is 4. The lowest BCUT2D eigenvalue weighted by Crippen LogP contribution is -2.69. The molecular weight excluding hydrogens is 695 g/mol. The molecule has 0 spiro atoms. The number of unbranched alkanes of at least 4 members (excludes halogenated alkanes) is 29. The Morgan fingerprint density at radius 2 is 0.945 bits per heavy atom. The molecule has 1 saturated heterocycles. The van der Waals surface area contributed by atoms with Crippen molar-refractivity contribution in [2.75, 3.05) is 19.8 Å². The predicted molar refractivity (Wildman–Crippen MR) is 226 cm³/mol. The van der Waals surface area contributed by atoms with Gasteiger partial charge in [0.1, 0.15) is 30.4 Å². The van der Waals surface area contributed by atoms with Gasteiger partial charge in [0.15, 0.2) is 6.23 Å². The molecule has 0 bridgehead atoms. The van der Waals surface area contributed by atoms with E-state index in [0.29, 0.717) is 13.0 Å².